The lowest BCUT2D eigenvalue weighted by atomic mass is 10.1. The number of hydrogen-bond donors (Lipinski definition) is 0. The summed E-state index contributed by atoms with van der Waals surface area (Å²) < 4.78 is 39.6. The van der Waals surface area contributed by atoms with Crippen LogP contribution in [0.3, 0.4) is 0 Å². The summed E-state index contributed by atoms with van der Waals surface area (Å²) >= 11 is 1.78. The Labute approximate surface area is 252 Å². The zero-order valence-corrected chi connectivity index (χ0v) is 26.4. The number of ether oxygens (including phenoxy) is 2. The van der Waals surface area contributed by atoms with E-state index in [0.717, 1.165) is 17.1 Å². The molecule has 2 aromatic carbocycles. The predicted molar refractivity (Wildman–Crippen MR) is 162 cm³/mol. The molecular weight excluding hydrogens is 578 g/mol. The molecule has 2 aromatic rings. The zero-order chi connectivity index (χ0) is 30.7. The van der Waals surface area contributed by atoms with Crippen LogP contribution in [0.15, 0.2) is 53.4 Å². The average Bonchev–Trinajstić information content (AvgIpc) is 3.45. The van der Waals surface area contributed by atoms with Crippen molar-refractivity contribution < 1.29 is 32.3 Å². The molecule has 2 atom stereocenters. The summed E-state index contributed by atoms with van der Waals surface area (Å²) in [6.07, 6.45) is 0.367. The van der Waals surface area contributed by atoms with Crippen LogP contribution in [0.25, 0.3) is 0 Å². The van der Waals surface area contributed by atoms with Gasteiger partial charge in [-0.25, -0.2) is 18.0 Å². The number of carbonyl (C=O) groups is 3. The van der Waals surface area contributed by atoms with Crippen molar-refractivity contribution in [2.45, 2.75) is 70.0 Å². The zero-order valence-electron chi connectivity index (χ0n) is 24.7. The van der Waals surface area contributed by atoms with E-state index >= 15 is 0 Å². The fourth-order valence-corrected chi connectivity index (χ4v) is 7.46. The summed E-state index contributed by atoms with van der Waals surface area (Å²) in [4.78, 5) is 43.0. The van der Waals surface area contributed by atoms with Gasteiger partial charge in [0.15, 0.2) is 0 Å². The summed E-state index contributed by atoms with van der Waals surface area (Å²) in [6.45, 7) is 10.0. The molecule has 0 unspecified atom stereocenters. The van der Waals surface area contributed by atoms with Crippen LogP contribution in [0.4, 0.5) is 10.5 Å². The molecule has 228 valence electrons. The monoisotopic (exact) mass is 617 g/mol. The number of carbonyl (C=O) groups excluding carboxylic acids is 3. The molecule has 0 saturated carbocycles. The van der Waals surface area contributed by atoms with Crippen LogP contribution < -0.4 is 9.64 Å². The van der Waals surface area contributed by atoms with Gasteiger partial charge in [-0.1, -0.05) is 17.7 Å². The quantitative estimate of drug-likeness (QED) is 0.419. The predicted octanol–water partition coefficient (Wildman–Crippen LogP) is 4.46. The summed E-state index contributed by atoms with van der Waals surface area (Å²) in [5, 5.41) is 0. The molecule has 0 spiro atoms. The average molecular weight is 618 g/mol. The molecule has 0 radical (unpaired) electrons. The molecule has 42 heavy (non-hydrogen) atoms. The maximum Gasteiger partial charge on any atom is 0.415 e. The van der Waals surface area contributed by atoms with E-state index in [1.807, 2.05) is 6.92 Å². The molecule has 0 aliphatic carbocycles. The number of benzene rings is 2. The Morgan fingerprint density at radius 2 is 1.60 bits per heavy atom. The Balaban J connectivity index is 1.62. The van der Waals surface area contributed by atoms with Crippen LogP contribution in [0.2, 0.25) is 0 Å². The molecule has 2 aliphatic rings. The van der Waals surface area contributed by atoms with Crippen molar-refractivity contribution >= 4 is 45.4 Å². The maximum absolute atomic E-state index is 14.2. The van der Waals surface area contributed by atoms with Gasteiger partial charge in [0.05, 0.1) is 4.90 Å². The van der Waals surface area contributed by atoms with Gasteiger partial charge in [-0.15, -0.1) is 0 Å². The van der Waals surface area contributed by atoms with Crippen LogP contribution in [0.5, 0.6) is 5.75 Å². The molecule has 0 aromatic heterocycles. The van der Waals surface area contributed by atoms with E-state index in [9.17, 15) is 22.8 Å². The van der Waals surface area contributed by atoms with Crippen LogP contribution in [-0.2, 0) is 24.3 Å². The normalized spacial score (nSPS) is 18.8. The second-order valence-electron chi connectivity index (χ2n) is 11.5. The lowest BCUT2D eigenvalue weighted by molar-refractivity contribution is -0.157. The Kier molecular flexibility index (Phi) is 9.89. The number of hydrogen-bond acceptors (Lipinski definition) is 8. The van der Waals surface area contributed by atoms with Crippen molar-refractivity contribution in [3.05, 3.63) is 54.1 Å². The first-order valence-corrected chi connectivity index (χ1v) is 16.7. The van der Waals surface area contributed by atoms with Crippen molar-refractivity contribution in [3.8, 4) is 5.75 Å². The highest BCUT2D eigenvalue weighted by Crippen LogP contribution is 2.31. The molecule has 12 heteroatoms. The van der Waals surface area contributed by atoms with Crippen molar-refractivity contribution in [2.24, 2.45) is 0 Å². The number of anilines is 1. The molecule has 0 N–H and O–H groups in total. The summed E-state index contributed by atoms with van der Waals surface area (Å²) in [5.74, 6) is 0.845. The van der Waals surface area contributed by atoms with Gasteiger partial charge in [-0.05, 0) is 83.9 Å². The fourth-order valence-electron chi connectivity index (χ4n) is 4.90. The van der Waals surface area contributed by atoms with E-state index < -0.39 is 45.7 Å². The molecular formula is C30H39N3O7S2. The van der Waals surface area contributed by atoms with Gasteiger partial charge in [-0.2, -0.15) is 16.1 Å². The van der Waals surface area contributed by atoms with E-state index in [0.29, 0.717) is 37.4 Å². The molecule has 2 saturated heterocycles. The van der Waals surface area contributed by atoms with Gasteiger partial charge in [0.25, 0.3) is 0 Å². The van der Waals surface area contributed by atoms with E-state index in [2.05, 4.69) is 0 Å². The third-order valence-corrected chi connectivity index (χ3v) is 9.94. The van der Waals surface area contributed by atoms with Crippen molar-refractivity contribution in [1.82, 2.24) is 9.21 Å². The molecule has 2 heterocycles. The highest BCUT2D eigenvalue weighted by Gasteiger charge is 2.44. The highest BCUT2D eigenvalue weighted by molar-refractivity contribution is 7.99. The van der Waals surface area contributed by atoms with Crippen molar-refractivity contribution in [2.75, 3.05) is 36.0 Å². The molecule has 2 aliphatic heterocycles. The molecule has 4 rings (SSSR count). The number of sulfonamides is 1. The standard InChI is InChI=1S/C30H39N3O7S2/c1-21-8-14-25(15-9-21)42(37,38)32-16-6-7-26(32)27(34)33(22(2)28(35)40-30(3,4)5)23-10-12-24(13-11-23)39-29(36)31-17-19-41-20-18-31/h8-15,22,26H,6-7,16-20H2,1-5H3/t22-,26-/m0/s1. The van der Waals surface area contributed by atoms with Gasteiger partial charge < -0.3 is 14.4 Å². The van der Waals surface area contributed by atoms with Gasteiger partial charge in [0, 0.05) is 36.8 Å². The van der Waals surface area contributed by atoms with E-state index in [1.54, 1.807) is 80.8 Å². The van der Waals surface area contributed by atoms with E-state index in [4.69, 9.17) is 9.47 Å². The Hall–Kier alpha value is -3.09. The third kappa shape index (κ3) is 7.45. The number of nitrogens with zero attached hydrogens (tertiary/aromatic N) is 3. The smallest absolute Gasteiger partial charge is 0.415 e. The number of esters is 1. The number of amides is 2. The SMILES string of the molecule is Cc1ccc(S(=O)(=O)N2CCC[C@H]2C(=O)N(c2ccc(OC(=O)N3CCSCC3)cc2)[C@@H](C)C(=O)OC(C)(C)C)cc1. The third-order valence-electron chi connectivity index (χ3n) is 7.08. The minimum absolute atomic E-state index is 0.109. The largest absolute Gasteiger partial charge is 0.458 e. The second kappa shape index (κ2) is 13.0. The minimum atomic E-state index is -3.97. The Bertz CT molecular complexity index is 1380. The van der Waals surface area contributed by atoms with Crippen LogP contribution in [0, 0.1) is 6.92 Å². The lowest BCUT2D eigenvalue weighted by Gasteiger charge is -2.34. The summed E-state index contributed by atoms with van der Waals surface area (Å²) in [6, 6.07) is 10.7. The second-order valence-corrected chi connectivity index (χ2v) is 14.6. The first kappa shape index (κ1) is 31.8. The van der Waals surface area contributed by atoms with Gasteiger partial charge in [-0.3, -0.25) is 9.69 Å². The maximum atomic E-state index is 14.2. The van der Waals surface area contributed by atoms with E-state index in [-0.39, 0.29) is 11.4 Å². The van der Waals surface area contributed by atoms with Gasteiger partial charge >= 0.3 is 12.1 Å². The highest BCUT2D eigenvalue weighted by atomic mass is 32.2. The number of thioether (sulfide) groups is 1. The lowest BCUT2D eigenvalue weighted by Crippen LogP contribution is -2.53. The first-order valence-electron chi connectivity index (χ1n) is 14.1. The summed E-state index contributed by atoms with van der Waals surface area (Å²) in [5.41, 5.74) is 0.482. The molecule has 10 nitrogen and oxygen atoms in total. The van der Waals surface area contributed by atoms with E-state index in [1.165, 1.54) is 21.3 Å². The van der Waals surface area contributed by atoms with Crippen LogP contribution in [0.1, 0.15) is 46.1 Å². The summed E-state index contributed by atoms with van der Waals surface area (Å²) in [7, 11) is -3.97. The minimum Gasteiger partial charge on any atom is -0.458 e. The van der Waals surface area contributed by atoms with Crippen LogP contribution in [-0.4, -0.2) is 84.4 Å². The van der Waals surface area contributed by atoms with Crippen molar-refractivity contribution in [3.63, 3.8) is 0 Å². The van der Waals surface area contributed by atoms with Crippen LogP contribution >= 0.6 is 11.8 Å². The molecule has 2 fully saturated rings. The molecule has 0 bridgehead atoms. The molecule has 2 amide bonds. The number of rotatable bonds is 7. The van der Waals surface area contributed by atoms with Gasteiger partial charge in [0.2, 0.25) is 15.9 Å². The topological polar surface area (TPSA) is 114 Å². The fraction of sp³-hybridized carbons (Fsp3) is 0.500. The van der Waals surface area contributed by atoms with Crippen molar-refractivity contribution in [1.29, 1.82) is 0 Å². The Morgan fingerprint density at radius 1 is 0.976 bits per heavy atom. The Morgan fingerprint density at radius 3 is 2.19 bits per heavy atom. The first-order chi connectivity index (χ1) is 19.8. The van der Waals surface area contributed by atoms with Gasteiger partial charge in [0.1, 0.15) is 23.4 Å². The number of aryl methyl sites for hydroxylation is 1.